The van der Waals surface area contributed by atoms with Crippen molar-refractivity contribution < 1.29 is 14.3 Å². The number of benzene rings is 2. The van der Waals surface area contributed by atoms with Crippen LogP contribution in [0.5, 0.6) is 5.75 Å². The first kappa shape index (κ1) is 25.3. The highest BCUT2D eigenvalue weighted by atomic mass is 16.5. The maximum absolute atomic E-state index is 11.9. The van der Waals surface area contributed by atoms with Gasteiger partial charge in [0, 0.05) is 5.92 Å². The Hall–Kier alpha value is -2.29. The minimum Gasteiger partial charge on any atom is -0.493 e. The van der Waals surface area contributed by atoms with Crippen LogP contribution in [0, 0.1) is 0 Å². The summed E-state index contributed by atoms with van der Waals surface area (Å²) in [4.78, 5) is 11.9. The SMILES string of the molecule is CCCCCC(COc1ccc(C(=O)OCC)cc1)c1ccc2c(c1)C(C)(C)CCC2(C)C. The van der Waals surface area contributed by atoms with E-state index in [1.54, 1.807) is 12.1 Å². The number of carbonyl (C=O) groups excluding carboxylic acids is 1. The van der Waals surface area contributed by atoms with Gasteiger partial charge in [-0.05, 0) is 78.0 Å². The van der Waals surface area contributed by atoms with Gasteiger partial charge in [-0.3, -0.25) is 0 Å². The average molecular weight is 451 g/mol. The molecule has 0 aromatic heterocycles. The molecule has 180 valence electrons. The molecule has 3 nitrogen and oxygen atoms in total. The van der Waals surface area contributed by atoms with Crippen molar-refractivity contribution in [2.75, 3.05) is 13.2 Å². The van der Waals surface area contributed by atoms with Crippen LogP contribution in [-0.2, 0) is 15.6 Å². The molecule has 1 unspecified atom stereocenters. The lowest BCUT2D eigenvalue weighted by atomic mass is 9.62. The summed E-state index contributed by atoms with van der Waals surface area (Å²) in [7, 11) is 0. The van der Waals surface area contributed by atoms with Gasteiger partial charge in [0.05, 0.1) is 18.8 Å². The van der Waals surface area contributed by atoms with E-state index >= 15 is 0 Å². The van der Waals surface area contributed by atoms with Crippen molar-refractivity contribution in [1.82, 2.24) is 0 Å². The molecule has 0 saturated carbocycles. The Kier molecular flexibility index (Phi) is 8.26. The van der Waals surface area contributed by atoms with Crippen LogP contribution in [0.3, 0.4) is 0 Å². The lowest BCUT2D eigenvalue weighted by molar-refractivity contribution is 0.0526. The van der Waals surface area contributed by atoms with E-state index in [9.17, 15) is 4.79 Å². The minimum atomic E-state index is -0.291. The molecule has 0 fully saturated rings. The zero-order valence-corrected chi connectivity index (χ0v) is 21.5. The second kappa shape index (κ2) is 10.8. The number of esters is 1. The normalized spacial score (nSPS) is 17.2. The number of carbonyl (C=O) groups is 1. The molecule has 0 spiro atoms. The van der Waals surface area contributed by atoms with E-state index in [-0.39, 0.29) is 16.8 Å². The minimum absolute atomic E-state index is 0.207. The zero-order chi connectivity index (χ0) is 24.1. The summed E-state index contributed by atoms with van der Waals surface area (Å²) >= 11 is 0. The van der Waals surface area contributed by atoms with Gasteiger partial charge in [0.25, 0.3) is 0 Å². The van der Waals surface area contributed by atoms with Crippen LogP contribution >= 0.6 is 0 Å². The molecule has 1 aliphatic carbocycles. The van der Waals surface area contributed by atoms with Crippen molar-refractivity contribution in [2.24, 2.45) is 0 Å². The van der Waals surface area contributed by atoms with Crippen molar-refractivity contribution in [3.8, 4) is 5.75 Å². The van der Waals surface area contributed by atoms with E-state index in [1.165, 1.54) is 48.8 Å². The van der Waals surface area contributed by atoms with Crippen LogP contribution in [0.25, 0.3) is 0 Å². The Bertz CT molecular complexity index is 924. The molecule has 3 heteroatoms. The second-order valence-corrected chi connectivity index (χ2v) is 10.8. The first-order chi connectivity index (χ1) is 15.7. The van der Waals surface area contributed by atoms with Crippen LogP contribution < -0.4 is 4.74 Å². The lowest BCUT2D eigenvalue weighted by Crippen LogP contribution is -2.34. The number of hydrogen-bond donors (Lipinski definition) is 0. The second-order valence-electron chi connectivity index (χ2n) is 10.8. The summed E-state index contributed by atoms with van der Waals surface area (Å²) in [6, 6.07) is 14.5. The van der Waals surface area contributed by atoms with Gasteiger partial charge < -0.3 is 9.47 Å². The molecule has 0 amide bonds. The summed E-state index contributed by atoms with van der Waals surface area (Å²) in [5, 5.41) is 0. The molecule has 1 atom stereocenters. The fourth-order valence-electron chi connectivity index (χ4n) is 4.95. The van der Waals surface area contributed by atoms with Crippen molar-refractivity contribution in [3.63, 3.8) is 0 Å². The van der Waals surface area contributed by atoms with Crippen molar-refractivity contribution in [2.45, 2.75) is 96.8 Å². The van der Waals surface area contributed by atoms with E-state index < -0.39 is 0 Å². The Morgan fingerprint density at radius 1 is 0.909 bits per heavy atom. The third-order valence-corrected chi connectivity index (χ3v) is 7.32. The molecule has 0 N–H and O–H groups in total. The summed E-state index contributed by atoms with van der Waals surface area (Å²) < 4.78 is 11.3. The quantitative estimate of drug-likeness (QED) is 0.272. The molecule has 33 heavy (non-hydrogen) atoms. The molecule has 0 saturated heterocycles. The maximum Gasteiger partial charge on any atom is 0.338 e. The maximum atomic E-state index is 11.9. The fourth-order valence-corrected chi connectivity index (χ4v) is 4.95. The molecule has 0 radical (unpaired) electrons. The molecule has 3 rings (SSSR count). The highest BCUT2D eigenvalue weighted by Gasteiger charge is 2.37. The Labute approximate surface area is 200 Å². The van der Waals surface area contributed by atoms with Crippen molar-refractivity contribution in [1.29, 1.82) is 0 Å². The van der Waals surface area contributed by atoms with Gasteiger partial charge in [-0.2, -0.15) is 0 Å². The number of unbranched alkanes of at least 4 members (excludes halogenated alkanes) is 2. The number of fused-ring (bicyclic) bond motifs is 1. The van der Waals surface area contributed by atoms with E-state index in [0.29, 0.717) is 24.7 Å². The van der Waals surface area contributed by atoms with Gasteiger partial charge in [0.15, 0.2) is 0 Å². The smallest absolute Gasteiger partial charge is 0.338 e. The van der Waals surface area contributed by atoms with E-state index in [4.69, 9.17) is 9.47 Å². The molecule has 0 heterocycles. The van der Waals surface area contributed by atoms with Crippen molar-refractivity contribution in [3.05, 3.63) is 64.7 Å². The molecular weight excluding hydrogens is 408 g/mol. The monoisotopic (exact) mass is 450 g/mol. The van der Waals surface area contributed by atoms with Crippen LogP contribution in [0.15, 0.2) is 42.5 Å². The van der Waals surface area contributed by atoms with Crippen LogP contribution in [0.1, 0.15) is 113 Å². The summed E-state index contributed by atoms with van der Waals surface area (Å²) in [6.45, 7) is 14.6. The van der Waals surface area contributed by atoms with Gasteiger partial charge in [0.1, 0.15) is 5.75 Å². The third-order valence-electron chi connectivity index (χ3n) is 7.32. The topological polar surface area (TPSA) is 35.5 Å². The first-order valence-electron chi connectivity index (χ1n) is 12.7. The molecule has 1 aliphatic rings. The van der Waals surface area contributed by atoms with E-state index in [1.807, 2.05) is 19.1 Å². The molecule has 2 aromatic rings. The largest absolute Gasteiger partial charge is 0.493 e. The molecule has 0 bridgehead atoms. The fraction of sp³-hybridized carbons (Fsp3) is 0.567. The average Bonchev–Trinajstić information content (AvgIpc) is 2.79. The number of ether oxygens (including phenoxy) is 2. The summed E-state index contributed by atoms with van der Waals surface area (Å²) in [5.41, 5.74) is 5.40. The highest BCUT2D eigenvalue weighted by Crippen LogP contribution is 2.46. The Morgan fingerprint density at radius 3 is 2.21 bits per heavy atom. The van der Waals surface area contributed by atoms with Gasteiger partial charge >= 0.3 is 5.97 Å². The predicted molar refractivity (Wildman–Crippen MR) is 137 cm³/mol. The van der Waals surface area contributed by atoms with E-state index in [2.05, 4.69) is 52.8 Å². The van der Waals surface area contributed by atoms with Crippen LogP contribution in [0.4, 0.5) is 0 Å². The number of rotatable bonds is 10. The van der Waals surface area contributed by atoms with Crippen LogP contribution in [-0.4, -0.2) is 19.2 Å². The van der Waals surface area contributed by atoms with Gasteiger partial charge in [0.2, 0.25) is 0 Å². The summed E-state index contributed by atoms with van der Waals surface area (Å²) in [6.07, 6.45) is 7.25. The highest BCUT2D eigenvalue weighted by molar-refractivity contribution is 5.89. The van der Waals surface area contributed by atoms with Crippen LogP contribution in [0.2, 0.25) is 0 Å². The first-order valence-corrected chi connectivity index (χ1v) is 12.7. The van der Waals surface area contributed by atoms with Crippen molar-refractivity contribution >= 4 is 5.97 Å². The number of hydrogen-bond acceptors (Lipinski definition) is 3. The van der Waals surface area contributed by atoms with Gasteiger partial charge in [-0.25, -0.2) is 4.79 Å². The Balaban J connectivity index is 1.79. The summed E-state index contributed by atoms with van der Waals surface area (Å²) in [5.74, 6) is 0.858. The van der Waals surface area contributed by atoms with E-state index in [0.717, 1.165) is 12.2 Å². The standard InChI is InChI=1S/C30H42O3/c1-7-9-10-11-24(21-33-25-15-12-22(13-16-25)28(31)32-8-2)23-14-17-26-27(20-23)30(5,6)19-18-29(26,3)4/h12-17,20,24H,7-11,18-19,21H2,1-6H3. The molecule has 0 aliphatic heterocycles. The third kappa shape index (κ3) is 6.19. The molecular formula is C30H42O3. The molecule has 2 aromatic carbocycles. The van der Waals surface area contributed by atoms with Gasteiger partial charge in [-0.15, -0.1) is 0 Å². The predicted octanol–water partition coefficient (Wildman–Crippen LogP) is 7.96. The lowest BCUT2D eigenvalue weighted by Gasteiger charge is -2.42. The Morgan fingerprint density at radius 2 is 1.58 bits per heavy atom. The van der Waals surface area contributed by atoms with Gasteiger partial charge in [-0.1, -0.05) is 72.1 Å². The zero-order valence-electron chi connectivity index (χ0n) is 21.5.